The summed E-state index contributed by atoms with van der Waals surface area (Å²) in [5.74, 6) is 0.819. The lowest BCUT2D eigenvalue weighted by Crippen LogP contribution is -2.42. The molecule has 2 N–H and O–H groups in total. The molecule has 0 bridgehead atoms. The molecule has 0 aliphatic carbocycles. The summed E-state index contributed by atoms with van der Waals surface area (Å²) in [6, 6.07) is 6.63. The Morgan fingerprint density at radius 1 is 1.28 bits per heavy atom. The number of nitrogens with zero attached hydrogens (tertiary/aromatic N) is 2. The number of piperidine rings is 1. The van der Waals surface area contributed by atoms with Crippen molar-refractivity contribution in [2.45, 2.75) is 18.9 Å². The maximum absolute atomic E-state index is 6.09. The van der Waals surface area contributed by atoms with E-state index in [0.717, 1.165) is 30.2 Å². The Bertz CT molecular complexity index is 398. The molecular weight excluding hydrogens is 226 g/mol. The van der Waals surface area contributed by atoms with Crippen LogP contribution in [0.4, 0.5) is 11.4 Å². The topological polar surface area (TPSA) is 41.7 Å². The van der Waals surface area contributed by atoms with Gasteiger partial charge in [0, 0.05) is 25.2 Å². The van der Waals surface area contributed by atoms with E-state index >= 15 is 0 Å². The van der Waals surface area contributed by atoms with Crippen LogP contribution in [0.3, 0.4) is 0 Å². The third kappa shape index (κ3) is 2.70. The first-order valence-corrected chi connectivity index (χ1v) is 6.46. The van der Waals surface area contributed by atoms with Gasteiger partial charge in [-0.25, -0.2) is 0 Å². The van der Waals surface area contributed by atoms with Crippen LogP contribution < -0.4 is 15.4 Å². The van der Waals surface area contributed by atoms with Crippen LogP contribution in [0.1, 0.15) is 12.8 Å². The number of hydrogen-bond donors (Lipinski definition) is 1. The SMILES string of the molecule is COc1ccc(N2CCC(N(C)C)CC2)c(N)c1. The second kappa shape index (κ2) is 5.48. The summed E-state index contributed by atoms with van der Waals surface area (Å²) >= 11 is 0. The van der Waals surface area contributed by atoms with Crippen molar-refractivity contribution in [3.8, 4) is 5.75 Å². The lowest BCUT2D eigenvalue weighted by Gasteiger charge is -2.37. The summed E-state index contributed by atoms with van der Waals surface area (Å²) in [6.07, 6.45) is 2.39. The average molecular weight is 249 g/mol. The quantitative estimate of drug-likeness (QED) is 0.830. The van der Waals surface area contributed by atoms with Crippen molar-refractivity contribution in [2.24, 2.45) is 0 Å². The zero-order valence-electron chi connectivity index (χ0n) is 11.5. The van der Waals surface area contributed by atoms with Crippen LogP contribution in [0.2, 0.25) is 0 Å². The summed E-state index contributed by atoms with van der Waals surface area (Å²) < 4.78 is 5.18. The minimum Gasteiger partial charge on any atom is -0.497 e. The first-order valence-electron chi connectivity index (χ1n) is 6.46. The zero-order chi connectivity index (χ0) is 13.1. The summed E-state index contributed by atoms with van der Waals surface area (Å²) in [7, 11) is 5.97. The Labute approximate surface area is 109 Å². The van der Waals surface area contributed by atoms with Crippen molar-refractivity contribution in [1.82, 2.24) is 4.90 Å². The molecule has 1 aromatic carbocycles. The molecule has 1 aliphatic heterocycles. The van der Waals surface area contributed by atoms with E-state index < -0.39 is 0 Å². The maximum Gasteiger partial charge on any atom is 0.121 e. The Morgan fingerprint density at radius 3 is 2.44 bits per heavy atom. The third-order valence-corrected chi connectivity index (χ3v) is 3.77. The van der Waals surface area contributed by atoms with Gasteiger partial charge in [-0.1, -0.05) is 0 Å². The van der Waals surface area contributed by atoms with Gasteiger partial charge in [0.05, 0.1) is 18.5 Å². The van der Waals surface area contributed by atoms with E-state index in [-0.39, 0.29) is 0 Å². The van der Waals surface area contributed by atoms with Crippen molar-refractivity contribution < 1.29 is 4.74 Å². The normalized spacial score (nSPS) is 17.2. The molecule has 1 saturated heterocycles. The van der Waals surface area contributed by atoms with Gasteiger partial charge in [0.1, 0.15) is 5.75 Å². The molecule has 4 heteroatoms. The zero-order valence-corrected chi connectivity index (χ0v) is 11.5. The number of rotatable bonds is 3. The highest BCUT2D eigenvalue weighted by molar-refractivity contribution is 5.69. The molecule has 1 fully saturated rings. The summed E-state index contributed by atoms with van der Waals surface area (Å²) in [5, 5.41) is 0. The first kappa shape index (κ1) is 13.0. The lowest BCUT2D eigenvalue weighted by atomic mass is 10.0. The molecule has 1 heterocycles. The molecule has 0 unspecified atom stereocenters. The van der Waals surface area contributed by atoms with Crippen LogP contribution in [-0.4, -0.2) is 45.2 Å². The van der Waals surface area contributed by atoms with E-state index in [2.05, 4.69) is 30.0 Å². The predicted octanol–water partition coefficient (Wildman–Crippen LogP) is 1.81. The monoisotopic (exact) mass is 249 g/mol. The number of hydrogen-bond acceptors (Lipinski definition) is 4. The molecule has 0 amide bonds. The van der Waals surface area contributed by atoms with Crippen molar-refractivity contribution in [3.05, 3.63) is 18.2 Å². The van der Waals surface area contributed by atoms with Gasteiger partial charge in [0.2, 0.25) is 0 Å². The van der Waals surface area contributed by atoms with Crippen LogP contribution in [0.25, 0.3) is 0 Å². The Morgan fingerprint density at radius 2 is 1.94 bits per heavy atom. The van der Waals surface area contributed by atoms with Gasteiger partial charge in [0.25, 0.3) is 0 Å². The number of benzene rings is 1. The van der Waals surface area contributed by atoms with Crippen LogP contribution in [0.15, 0.2) is 18.2 Å². The van der Waals surface area contributed by atoms with Gasteiger partial charge >= 0.3 is 0 Å². The van der Waals surface area contributed by atoms with Crippen LogP contribution >= 0.6 is 0 Å². The average Bonchev–Trinajstić information content (AvgIpc) is 2.38. The molecule has 2 rings (SSSR count). The molecule has 1 aliphatic rings. The minimum absolute atomic E-state index is 0.695. The minimum atomic E-state index is 0.695. The fraction of sp³-hybridized carbons (Fsp3) is 0.571. The van der Waals surface area contributed by atoms with Crippen molar-refractivity contribution in [1.29, 1.82) is 0 Å². The van der Waals surface area contributed by atoms with Crippen LogP contribution in [-0.2, 0) is 0 Å². The second-order valence-corrected chi connectivity index (χ2v) is 5.11. The van der Waals surface area contributed by atoms with E-state index in [9.17, 15) is 0 Å². The number of methoxy groups -OCH3 is 1. The van der Waals surface area contributed by atoms with E-state index in [1.54, 1.807) is 7.11 Å². The van der Waals surface area contributed by atoms with Gasteiger partial charge in [-0.15, -0.1) is 0 Å². The lowest BCUT2D eigenvalue weighted by molar-refractivity contribution is 0.250. The van der Waals surface area contributed by atoms with E-state index in [0.29, 0.717) is 6.04 Å². The van der Waals surface area contributed by atoms with Crippen molar-refractivity contribution in [2.75, 3.05) is 44.9 Å². The third-order valence-electron chi connectivity index (χ3n) is 3.77. The van der Waals surface area contributed by atoms with Crippen LogP contribution in [0.5, 0.6) is 5.75 Å². The Hall–Kier alpha value is -1.42. The van der Waals surface area contributed by atoms with Gasteiger partial charge in [-0.05, 0) is 39.1 Å². The molecule has 100 valence electrons. The molecule has 0 radical (unpaired) electrons. The summed E-state index contributed by atoms with van der Waals surface area (Å²) in [6.45, 7) is 2.14. The first-order chi connectivity index (χ1) is 8.61. The fourth-order valence-corrected chi connectivity index (χ4v) is 2.57. The number of anilines is 2. The van der Waals surface area contributed by atoms with E-state index in [1.807, 2.05) is 12.1 Å². The standard InChI is InChI=1S/C14H23N3O/c1-16(2)11-6-8-17(9-7-11)14-5-4-12(18-3)10-13(14)15/h4-5,10-11H,6-9,15H2,1-3H3. The summed E-state index contributed by atoms with van der Waals surface area (Å²) in [4.78, 5) is 4.68. The van der Waals surface area contributed by atoms with Gasteiger partial charge < -0.3 is 20.3 Å². The smallest absolute Gasteiger partial charge is 0.121 e. The fourth-order valence-electron chi connectivity index (χ4n) is 2.57. The van der Waals surface area contributed by atoms with Gasteiger partial charge in [-0.3, -0.25) is 0 Å². The molecule has 0 spiro atoms. The number of nitrogen functional groups attached to an aromatic ring is 1. The highest BCUT2D eigenvalue weighted by atomic mass is 16.5. The van der Waals surface area contributed by atoms with Gasteiger partial charge in [-0.2, -0.15) is 0 Å². The molecule has 0 saturated carbocycles. The highest BCUT2D eigenvalue weighted by Crippen LogP contribution is 2.30. The largest absolute Gasteiger partial charge is 0.497 e. The maximum atomic E-state index is 6.09. The molecule has 18 heavy (non-hydrogen) atoms. The molecule has 0 atom stereocenters. The van der Waals surface area contributed by atoms with Crippen molar-refractivity contribution in [3.63, 3.8) is 0 Å². The molecule has 0 aromatic heterocycles. The number of nitrogens with two attached hydrogens (primary N) is 1. The van der Waals surface area contributed by atoms with E-state index in [1.165, 1.54) is 12.8 Å². The van der Waals surface area contributed by atoms with Crippen molar-refractivity contribution >= 4 is 11.4 Å². The number of ether oxygens (including phenoxy) is 1. The predicted molar refractivity (Wildman–Crippen MR) is 76.3 cm³/mol. The van der Waals surface area contributed by atoms with Crippen LogP contribution in [0, 0.1) is 0 Å². The second-order valence-electron chi connectivity index (χ2n) is 5.11. The Kier molecular flexibility index (Phi) is 3.97. The summed E-state index contributed by atoms with van der Waals surface area (Å²) in [5.41, 5.74) is 8.03. The van der Waals surface area contributed by atoms with Gasteiger partial charge in [0.15, 0.2) is 0 Å². The van der Waals surface area contributed by atoms with E-state index in [4.69, 9.17) is 10.5 Å². The molecular formula is C14H23N3O. The molecule has 4 nitrogen and oxygen atoms in total. The molecule has 1 aromatic rings. The highest BCUT2D eigenvalue weighted by Gasteiger charge is 2.21. The Balaban J connectivity index is 2.05.